The van der Waals surface area contributed by atoms with Gasteiger partial charge in [0.25, 0.3) is 5.56 Å². The molecule has 1 aliphatic rings. The van der Waals surface area contributed by atoms with Gasteiger partial charge in [0, 0.05) is 17.5 Å². The van der Waals surface area contributed by atoms with E-state index in [-0.39, 0.29) is 5.56 Å². The second kappa shape index (κ2) is 8.44. The molecule has 0 saturated heterocycles. The van der Waals surface area contributed by atoms with E-state index in [0.29, 0.717) is 29.4 Å². The monoisotopic (exact) mass is 460 g/mol. The predicted octanol–water partition coefficient (Wildman–Crippen LogP) is 6.24. The molecule has 0 saturated carbocycles. The molecule has 4 aromatic carbocycles. The second-order valence-electron chi connectivity index (χ2n) is 8.55. The van der Waals surface area contributed by atoms with Crippen LogP contribution in [0, 0.1) is 0 Å². The maximum absolute atomic E-state index is 14.3. The van der Waals surface area contributed by atoms with Crippen LogP contribution in [-0.4, -0.2) is 16.7 Å². The Balaban J connectivity index is 1.74. The molecule has 5 heteroatoms. The van der Waals surface area contributed by atoms with Crippen molar-refractivity contribution in [3.63, 3.8) is 0 Å². The van der Waals surface area contributed by atoms with E-state index in [1.165, 1.54) is 0 Å². The third-order valence-corrected chi connectivity index (χ3v) is 6.65. The van der Waals surface area contributed by atoms with Crippen LogP contribution in [0.4, 0.5) is 0 Å². The van der Waals surface area contributed by atoms with E-state index in [0.717, 1.165) is 33.3 Å². The number of aromatic nitrogens is 2. The van der Waals surface area contributed by atoms with Crippen LogP contribution in [-0.2, 0) is 6.42 Å². The summed E-state index contributed by atoms with van der Waals surface area (Å²) in [5.41, 5.74) is 3.02. The molecule has 1 aliphatic heterocycles. The van der Waals surface area contributed by atoms with E-state index in [9.17, 15) is 4.79 Å². The maximum Gasteiger partial charge on any atom is 0.266 e. The smallest absolute Gasteiger partial charge is 0.266 e. The topological polar surface area (TPSA) is 53.4 Å². The normalized spacial score (nSPS) is 14.2. The van der Waals surface area contributed by atoms with Crippen molar-refractivity contribution in [1.82, 2.24) is 9.55 Å². The fourth-order valence-electron chi connectivity index (χ4n) is 5.09. The lowest BCUT2D eigenvalue weighted by molar-refractivity contribution is 0.402. The molecular weight excluding hydrogens is 436 g/mol. The standard InChI is InChI=1S/C30H24N2O3/c1-3-25-31-29-28(30(33)32(25)20-12-5-4-6-13-20)27(22-15-9-10-16-23(22)34-2)26-21-14-8-7-11-19(21)17-18-24(26)35-29/h4-18,27H,3H2,1-2H3. The van der Waals surface area contributed by atoms with Crippen molar-refractivity contribution in [2.24, 2.45) is 0 Å². The van der Waals surface area contributed by atoms with Gasteiger partial charge in [-0.2, -0.15) is 4.98 Å². The first-order chi connectivity index (χ1) is 17.2. The number of methoxy groups -OCH3 is 1. The third-order valence-electron chi connectivity index (χ3n) is 6.65. The van der Waals surface area contributed by atoms with Gasteiger partial charge in [-0.05, 0) is 35.0 Å². The summed E-state index contributed by atoms with van der Waals surface area (Å²) in [7, 11) is 1.66. The van der Waals surface area contributed by atoms with Crippen LogP contribution >= 0.6 is 0 Å². The van der Waals surface area contributed by atoms with Crippen molar-refractivity contribution in [1.29, 1.82) is 0 Å². The molecule has 172 valence electrons. The summed E-state index contributed by atoms with van der Waals surface area (Å²) in [5, 5.41) is 2.12. The van der Waals surface area contributed by atoms with E-state index < -0.39 is 5.92 Å². The largest absolute Gasteiger partial charge is 0.496 e. The molecule has 1 aromatic heterocycles. The van der Waals surface area contributed by atoms with Gasteiger partial charge >= 0.3 is 0 Å². The highest BCUT2D eigenvalue weighted by Gasteiger charge is 2.37. The molecule has 0 radical (unpaired) electrons. The zero-order valence-corrected chi connectivity index (χ0v) is 19.6. The molecule has 2 heterocycles. The van der Waals surface area contributed by atoms with Gasteiger partial charge in [0.15, 0.2) is 0 Å². The highest BCUT2D eigenvalue weighted by Crippen LogP contribution is 2.50. The van der Waals surface area contributed by atoms with Crippen LogP contribution in [0.3, 0.4) is 0 Å². The minimum atomic E-state index is -0.406. The van der Waals surface area contributed by atoms with E-state index in [1.807, 2.05) is 85.8 Å². The molecule has 0 spiro atoms. The van der Waals surface area contributed by atoms with Gasteiger partial charge < -0.3 is 9.47 Å². The first kappa shape index (κ1) is 21.2. The summed E-state index contributed by atoms with van der Waals surface area (Å²) < 4.78 is 13.8. The quantitative estimate of drug-likeness (QED) is 0.312. The van der Waals surface area contributed by atoms with Crippen molar-refractivity contribution in [2.45, 2.75) is 19.3 Å². The fourth-order valence-corrected chi connectivity index (χ4v) is 5.09. The third kappa shape index (κ3) is 3.31. The van der Waals surface area contributed by atoms with Crippen LogP contribution in [0.15, 0.2) is 95.8 Å². The molecule has 0 bridgehead atoms. The molecule has 0 fully saturated rings. The highest BCUT2D eigenvalue weighted by atomic mass is 16.5. The Morgan fingerprint density at radius 1 is 0.886 bits per heavy atom. The maximum atomic E-state index is 14.3. The molecule has 1 unspecified atom stereocenters. The number of ether oxygens (including phenoxy) is 2. The lowest BCUT2D eigenvalue weighted by atomic mass is 9.81. The predicted molar refractivity (Wildman–Crippen MR) is 137 cm³/mol. The summed E-state index contributed by atoms with van der Waals surface area (Å²) in [6.45, 7) is 2.00. The van der Waals surface area contributed by atoms with Gasteiger partial charge in [0.2, 0.25) is 5.88 Å². The number of aryl methyl sites for hydroxylation is 1. The Kier molecular flexibility index (Phi) is 5.10. The number of hydrogen-bond donors (Lipinski definition) is 0. The van der Waals surface area contributed by atoms with Crippen LogP contribution in [0.25, 0.3) is 16.5 Å². The second-order valence-corrected chi connectivity index (χ2v) is 8.55. The Labute approximate surface area is 203 Å². The zero-order chi connectivity index (χ0) is 23.9. The van der Waals surface area contributed by atoms with E-state index in [4.69, 9.17) is 14.5 Å². The Morgan fingerprint density at radius 3 is 2.43 bits per heavy atom. The van der Waals surface area contributed by atoms with Crippen molar-refractivity contribution in [3.8, 4) is 23.1 Å². The zero-order valence-electron chi connectivity index (χ0n) is 19.6. The van der Waals surface area contributed by atoms with E-state index in [2.05, 4.69) is 12.1 Å². The lowest BCUT2D eigenvalue weighted by Crippen LogP contribution is -2.31. The number of nitrogens with zero attached hydrogens (tertiary/aromatic N) is 2. The van der Waals surface area contributed by atoms with Gasteiger partial charge in [-0.1, -0.05) is 73.7 Å². The van der Waals surface area contributed by atoms with Crippen molar-refractivity contribution >= 4 is 10.8 Å². The Bertz CT molecular complexity index is 1620. The minimum Gasteiger partial charge on any atom is -0.496 e. The molecule has 5 aromatic rings. The first-order valence-electron chi connectivity index (χ1n) is 11.7. The van der Waals surface area contributed by atoms with Gasteiger partial charge in [-0.25, -0.2) is 0 Å². The number of fused-ring (bicyclic) bond motifs is 4. The van der Waals surface area contributed by atoms with Crippen molar-refractivity contribution < 1.29 is 9.47 Å². The van der Waals surface area contributed by atoms with Gasteiger partial charge in [-0.15, -0.1) is 0 Å². The van der Waals surface area contributed by atoms with Gasteiger partial charge in [-0.3, -0.25) is 9.36 Å². The summed E-state index contributed by atoms with van der Waals surface area (Å²) in [6.07, 6.45) is 0.588. The first-order valence-corrected chi connectivity index (χ1v) is 11.7. The molecule has 1 atom stereocenters. The summed E-state index contributed by atoms with van der Waals surface area (Å²) in [6, 6.07) is 29.7. The molecule has 0 amide bonds. The van der Waals surface area contributed by atoms with Crippen molar-refractivity contribution in [2.75, 3.05) is 7.11 Å². The van der Waals surface area contributed by atoms with E-state index >= 15 is 0 Å². The van der Waals surface area contributed by atoms with Crippen LogP contribution in [0.1, 0.15) is 35.4 Å². The summed E-state index contributed by atoms with van der Waals surface area (Å²) >= 11 is 0. The molecule has 5 nitrogen and oxygen atoms in total. The average Bonchev–Trinajstić information content (AvgIpc) is 2.92. The molecule has 0 N–H and O–H groups in total. The molecular formula is C30H24N2O3. The lowest BCUT2D eigenvalue weighted by Gasteiger charge is -2.30. The van der Waals surface area contributed by atoms with Crippen LogP contribution < -0.4 is 15.0 Å². The number of para-hydroxylation sites is 2. The van der Waals surface area contributed by atoms with Gasteiger partial charge in [0.05, 0.1) is 24.3 Å². The fraction of sp³-hybridized carbons (Fsp3) is 0.133. The molecule has 0 aliphatic carbocycles. The average molecular weight is 461 g/mol. The Morgan fingerprint density at radius 2 is 1.63 bits per heavy atom. The number of rotatable bonds is 4. The molecule has 6 rings (SSSR count). The minimum absolute atomic E-state index is 0.132. The Hall–Kier alpha value is -4.38. The SMILES string of the molecule is CCc1nc2c(c(=O)n1-c1ccccc1)C(c1ccccc1OC)c1c(ccc3ccccc13)O2. The number of hydrogen-bond acceptors (Lipinski definition) is 4. The van der Waals surface area contributed by atoms with Crippen molar-refractivity contribution in [3.05, 3.63) is 124 Å². The highest BCUT2D eigenvalue weighted by molar-refractivity contribution is 5.90. The molecule has 35 heavy (non-hydrogen) atoms. The summed E-state index contributed by atoms with van der Waals surface area (Å²) in [5.74, 6) is 2.03. The van der Waals surface area contributed by atoms with Gasteiger partial charge in [0.1, 0.15) is 17.3 Å². The summed E-state index contributed by atoms with van der Waals surface area (Å²) in [4.78, 5) is 19.2. The van der Waals surface area contributed by atoms with Crippen LogP contribution in [0.5, 0.6) is 17.4 Å². The van der Waals surface area contributed by atoms with E-state index in [1.54, 1.807) is 11.7 Å². The van der Waals surface area contributed by atoms with Crippen LogP contribution in [0.2, 0.25) is 0 Å². The number of benzene rings is 4.